The van der Waals surface area contributed by atoms with Crippen molar-refractivity contribution in [1.29, 1.82) is 0 Å². The van der Waals surface area contributed by atoms with Crippen LogP contribution < -0.4 is 14.4 Å². The number of nitrogens with zero attached hydrogens (tertiary/aromatic N) is 2. The van der Waals surface area contributed by atoms with Crippen LogP contribution in [0.25, 0.3) is 0 Å². The number of anilines is 1. The van der Waals surface area contributed by atoms with Gasteiger partial charge in [-0.25, -0.2) is 9.37 Å². The van der Waals surface area contributed by atoms with Crippen molar-refractivity contribution in [2.75, 3.05) is 18.7 Å². The third kappa shape index (κ3) is 5.41. The minimum Gasteiger partial charge on any atom is -0.496 e. The lowest BCUT2D eigenvalue weighted by Gasteiger charge is -2.24. The van der Waals surface area contributed by atoms with Crippen molar-refractivity contribution in [2.24, 2.45) is 0 Å². The molecule has 0 spiro atoms. The summed E-state index contributed by atoms with van der Waals surface area (Å²) in [5.74, 6) is 0.0137. The van der Waals surface area contributed by atoms with Crippen molar-refractivity contribution in [3.05, 3.63) is 77.2 Å². The van der Waals surface area contributed by atoms with Crippen molar-refractivity contribution >= 4 is 11.6 Å². The van der Waals surface area contributed by atoms with Crippen LogP contribution in [0.15, 0.2) is 54.7 Å². The highest BCUT2D eigenvalue weighted by Crippen LogP contribution is 2.34. The Hall–Kier alpha value is -3.48. The summed E-state index contributed by atoms with van der Waals surface area (Å²) in [7, 11) is 1.55. The summed E-state index contributed by atoms with van der Waals surface area (Å²) in [6.45, 7) is 2.86. The predicted octanol–water partition coefficient (Wildman–Crippen LogP) is 5.79. The zero-order valence-corrected chi connectivity index (χ0v) is 18.4. The average molecular weight is 439 g/mol. The number of aromatic nitrogens is 1. The van der Waals surface area contributed by atoms with Gasteiger partial charge in [0.2, 0.25) is 11.8 Å². The highest BCUT2D eigenvalue weighted by Gasteiger charge is 2.21. The lowest BCUT2D eigenvalue weighted by Crippen LogP contribution is -2.28. The van der Waals surface area contributed by atoms with E-state index in [-0.39, 0.29) is 24.1 Å². The van der Waals surface area contributed by atoms with Crippen LogP contribution in [0.2, 0.25) is 0 Å². The van der Waals surface area contributed by atoms with Gasteiger partial charge in [0.15, 0.2) is 11.6 Å². The van der Waals surface area contributed by atoms with E-state index in [0.717, 1.165) is 11.1 Å². The van der Waals surface area contributed by atoms with Crippen LogP contribution in [-0.4, -0.2) is 24.7 Å². The molecule has 0 aliphatic heterocycles. The number of carbonyl (C=O) groups is 1. The number of hydrogen-bond donors (Lipinski definition) is 0. The Morgan fingerprint density at radius 2 is 1.94 bits per heavy atom. The number of rotatable bonds is 9. The number of benzene rings is 2. The van der Waals surface area contributed by atoms with Gasteiger partial charge in [-0.3, -0.25) is 9.18 Å². The largest absolute Gasteiger partial charge is 0.496 e. The Morgan fingerprint density at radius 3 is 2.66 bits per heavy atom. The monoisotopic (exact) mass is 439 g/mol. The van der Waals surface area contributed by atoms with E-state index in [0.29, 0.717) is 29.8 Å². The quantitative estimate of drug-likeness (QED) is 0.424. The molecule has 1 aromatic heterocycles. The van der Waals surface area contributed by atoms with Gasteiger partial charge in [0.1, 0.15) is 11.4 Å². The van der Waals surface area contributed by atoms with Gasteiger partial charge >= 0.3 is 0 Å². The molecule has 0 unspecified atom stereocenters. The third-order valence-electron chi connectivity index (χ3n) is 5.06. The van der Waals surface area contributed by atoms with E-state index in [1.165, 1.54) is 24.1 Å². The van der Waals surface area contributed by atoms with E-state index in [4.69, 9.17) is 9.47 Å². The Labute approximate surface area is 186 Å². The highest BCUT2D eigenvalue weighted by molar-refractivity contribution is 5.92. The summed E-state index contributed by atoms with van der Waals surface area (Å²) >= 11 is 0. The molecule has 7 heteroatoms. The molecule has 32 heavy (non-hydrogen) atoms. The van der Waals surface area contributed by atoms with Crippen molar-refractivity contribution in [1.82, 2.24) is 4.98 Å². The van der Waals surface area contributed by atoms with Crippen molar-refractivity contribution in [2.45, 2.75) is 33.2 Å². The predicted molar refractivity (Wildman–Crippen MR) is 120 cm³/mol. The van der Waals surface area contributed by atoms with Gasteiger partial charge in [-0.2, -0.15) is 0 Å². The fourth-order valence-corrected chi connectivity index (χ4v) is 3.39. The lowest BCUT2D eigenvalue weighted by molar-refractivity contribution is -0.116. The Morgan fingerprint density at radius 1 is 1.12 bits per heavy atom. The van der Waals surface area contributed by atoms with Gasteiger partial charge in [-0.1, -0.05) is 24.3 Å². The smallest absolute Gasteiger partial charge is 0.243 e. The minimum absolute atomic E-state index is 0.0271. The van der Waals surface area contributed by atoms with Gasteiger partial charge < -0.3 is 14.4 Å². The van der Waals surface area contributed by atoms with Gasteiger partial charge in [-0.05, 0) is 55.2 Å². The third-order valence-corrected chi connectivity index (χ3v) is 5.06. The second kappa shape index (κ2) is 10.7. The molecule has 0 fully saturated rings. The molecule has 0 atom stereocenters. The maximum atomic E-state index is 14.5. The highest BCUT2D eigenvalue weighted by atomic mass is 19.1. The summed E-state index contributed by atoms with van der Waals surface area (Å²) in [4.78, 5) is 18.3. The van der Waals surface area contributed by atoms with Crippen molar-refractivity contribution in [3.63, 3.8) is 0 Å². The number of halogens is 2. The van der Waals surface area contributed by atoms with Crippen LogP contribution in [0.5, 0.6) is 17.4 Å². The molecule has 0 saturated heterocycles. The molecule has 0 radical (unpaired) electrons. The molecule has 168 valence electrons. The Bertz CT molecular complexity index is 1090. The van der Waals surface area contributed by atoms with E-state index < -0.39 is 12.5 Å². The molecule has 1 heterocycles. The van der Waals surface area contributed by atoms with E-state index in [1.807, 2.05) is 18.2 Å². The average Bonchev–Trinajstić information content (AvgIpc) is 2.79. The number of hydrogen-bond acceptors (Lipinski definition) is 4. The first kappa shape index (κ1) is 23.2. The number of carbonyl (C=O) groups excluding carboxylic acids is 1. The summed E-state index contributed by atoms with van der Waals surface area (Å²) in [6, 6.07) is 13.8. The molecule has 1 amide bonds. The minimum atomic E-state index is -0.485. The van der Waals surface area contributed by atoms with E-state index in [9.17, 15) is 13.6 Å². The topological polar surface area (TPSA) is 51.7 Å². The van der Waals surface area contributed by atoms with E-state index >= 15 is 0 Å². The van der Waals surface area contributed by atoms with Gasteiger partial charge in [0.05, 0.1) is 20.3 Å². The molecule has 0 saturated carbocycles. The van der Waals surface area contributed by atoms with Crippen LogP contribution in [-0.2, 0) is 17.8 Å². The molecule has 5 nitrogen and oxygen atoms in total. The van der Waals surface area contributed by atoms with Crippen LogP contribution in [0.1, 0.15) is 30.0 Å². The standard InChI is InChI=1S/C25H26F2N2O3/c1-17-7-4-10-23(24(17)27)32-25-21(9-6-14-28-25)29(18(2)30)16-20-15-19(8-5-13-26)11-12-22(20)31-3/h4,6-7,9-12,14-15H,5,8,13,16H2,1-3H3/i26-1. The second-order valence-corrected chi connectivity index (χ2v) is 7.36. The zero-order chi connectivity index (χ0) is 23.1. The molecule has 0 bridgehead atoms. The number of methoxy groups -OCH3 is 1. The van der Waals surface area contributed by atoms with Gasteiger partial charge in [0, 0.05) is 18.7 Å². The van der Waals surface area contributed by atoms with Gasteiger partial charge in [0.25, 0.3) is 0 Å². The molecule has 0 N–H and O–H groups in total. The number of pyridine rings is 1. The van der Waals surface area contributed by atoms with Gasteiger partial charge in [-0.15, -0.1) is 0 Å². The summed E-state index contributed by atoms with van der Waals surface area (Å²) in [6.07, 6.45) is 2.52. The molecular weight excluding hydrogens is 413 g/mol. The maximum Gasteiger partial charge on any atom is 0.243 e. The number of aryl methyl sites for hydroxylation is 2. The summed E-state index contributed by atoms with van der Waals surface area (Å²) < 4.78 is 38.3. The number of amides is 1. The lowest BCUT2D eigenvalue weighted by atomic mass is 10.0. The van der Waals surface area contributed by atoms with Crippen LogP contribution in [0, 0.1) is 12.7 Å². The van der Waals surface area contributed by atoms with Crippen molar-refractivity contribution < 1.29 is 23.0 Å². The first-order valence-corrected chi connectivity index (χ1v) is 10.3. The number of alkyl halides is 1. The fraction of sp³-hybridized carbons (Fsp3) is 0.280. The summed E-state index contributed by atoms with van der Waals surface area (Å²) in [5.41, 5.74) is 2.55. The zero-order valence-electron chi connectivity index (χ0n) is 18.4. The van der Waals surface area contributed by atoms with Crippen molar-refractivity contribution in [3.8, 4) is 17.4 Å². The maximum absolute atomic E-state index is 14.5. The Balaban J connectivity index is 1.97. The van der Waals surface area contributed by atoms with Crippen LogP contribution >= 0.6 is 0 Å². The first-order valence-electron chi connectivity index (χ1n) is 10.3. The molecule has 3 rings (SSSR count). The van der Waals surface area contributed by atoms with E-state index in [1.54, 1.807) is 38.3 Å². The molecule has 0 aliphatic carbocycles. The molecule has 3 aromatic rings. The Kier molecular flexibility index (Phi) is 7.76. The summed E-state index contributed by atoms with van der Waals surface area (Å²) in [5, 5.41) is 0. The molecular formula is C25H26F2N2O3. The van der Waals surface area contributed by atoms with Crippen LogP contribution in [0.3, 0.4) is 0 Å². The fourth-order valence-electron chi connectivity index (χ4n) is 3.39. The van der Waals surface area contributed by atoms with E-state index in [2.05, 4.69) is 4.98 Å². The molecule has 2 aromatic carbocycles. The normalized spacial score (nSPS) is 10.7. The van der Waals surface area contributed by atoms with Crippen LogP contribution in [0.4, 0.5) is 14.5 Å². The first-order chi connectivity index (χ1) is 15.4. The SMILES string of the molecule is COc1ccc(CCC[18F])cc1CN(C(C)=O)c1cccnc1Oc1cccc(C)c1F. The second-order valence-electron chi connectivity index (χ2n) is 7.36. The number of ether oxygens (including phenoxy) is 2. The molecule has 0 aliphatic rings.